The summed E-state index contributed by atoms with van der Waals surface area (Å²) in [6.45, 7) is 4.20. The highest BCUT2D eigenvalue weighted by Gasteiger charge is 2.24. The molecule has 6 heteroatoms. The van der Waals surface area contributed by atoms with Gasteiger partial charge in [-0.1, -0.05) is 6.92 Å². The molecule has 0 saturated carbocycles. The number of likely N-dealkylation sites (tertiary alicyclic amines) is 1. The first kappa shape index (κ1) is 15.3. The number of rotatable bonds is 7. The van der Waals surface area contributed by atoms with Crippen LogP contribution in [0.1, 0.15) is 19.8 Å². The second kappa shape index (κ2) is 7.04. The summed E-state index contributed by atoms with van der Waals surface area (Å²) < 4.78 is 29.2. The molecule has 1 aliphatic rings. The Hall–Kier alpha value is -1.14. The summed E-state index contributed by atoms with van der Waals surface area (Å²) in [6, 6.07) is 3.68. The fourth-order valence-corrected chi connectivity index (χ4v) is 3.75. The summed E-state index contributed by atoms with van der Waals surface area (Å²) >= 11 is 0. The maximum atomic E-state index is 11.7. The molecule has 0 spiro atoms. The fraction of sp³-hybridized carbons (Fsp3) is 0.643. The summed E-state index contributed by atoms with van der Waals surface area (Å²) in [5.41, 5.74) is 0. The van der Waals surface area contributed by atoms with Gasteiger partial charge in [0.15, 0.2) is 9.84 Å². The van der Waals surface area contributed by atoms with Gasteiger partial charge in [-0.15, -0.1) is 0 Å². The summed E-state index contributed by atoms with van der Waals surface area (Å²) in [4.78, 5) is 6.12. The molecule has 1 aliphatic heterocycles. The first-order valence-electron chi connectivity index (χ1n) is 7.08. The molecule has 0 aliphatic carbocycles. The maximum Gasteiger partial charge on any atom is 0.151 e. The molecule has 1 fully saturated rings. The van der Waals surface area contributed by atoms with Crippen LogP contribution in [0.3, 0.4) is 0 Å². The van der Waals surface area contributed by atoms with Gasteiger partial charge in [-0.05, 0) is 25.0 Å². The van der Waals surface area contributed by atoms with Crippen LogP contribution >= 0.6 is 0 Å². The van der Waals surface area contributed by atoms with E-state index < -0.39 is 9.84 Å². The molecule has 1 atom stereocenters. The van der Waals surface area contributed by atoms with Crippen molar-refractivity contribution in [2.45, 2.75) is 25.9 Å². The predicted octanol–water partition coefficient (Wildman–Crippen LogP) is 1.36. The van der Waals surface area contributed by atoms with Crippen molar-refractivity contribution in [1.29, 1.82) is 0 Å². The molecule has 1 aromatic rings. The van der Waals surface area contributed by atoms with Crippen molar-refractivity contribution in [2.75, 3.05) is 31.1 Å². The molecule has 1 saturated heterocycles. The number of hydrogen-bond donors (Lipinski definition) is 0. The quantitative estimate of drug-likeness (QED) is 0.760. The lowest BCUT2D eigenvalue weighted by atomic mass is 10.3. The molecular formula is C14H22N2O3S. The minimum Gasteiger partial charge on any atom is -0.489 e. The Kier molecular flexibility index (Phi) is 5.37. The monoisotopic (exact) mass is 298 g/mol. The van der Waals surface area contributed by atoms with Crippen LogP contribution < -0.4 is 4.74 Å². The number of ether oxygens (including phenoxy) is 1. The van der Waals surface area contributed by atoms with Crippen molar-refractivity contribution in [3.8, 4) is 5.75 Å². The van der Waals surface area contributed by atoms with Gasteiger partial charge in [-0.2, -0.15) is 0 Å². The molecule has 2 rings (SSSR count). The van der Waals surface area contributed by atoms with Gasteiger partial charge in [0, 0.05) is 37.8 Å². The molecule has 0 aromatic carbocycles. The number of pyridine rings is 1. The Morgan fingerprint density at radius 3 is 2.80 bits per heavy atom. The molecule has 112 valence electrons. The molecule has 1 unspecified atom stereocenters. The van der Waals surface area contributed by atoms with Crippen LogP contribution in [0, 0.1) is 0 Å². The van der Waals surface area contributed by atoms with Gasteiger partial charge in [0.25, 0.3) is 0 Å². The van der Waals surface area contributed by atoms with Crippen molar-refractivity contribution >= 4 is 9.84 Å². The lowest BCUT2D eigenvalue weighted by Gasteiger charge is -2.16. The second-order valence-corrected chi connectivity index (χ2v) is 7.47. The summed E-state index contributed by atoms with van der Waals surface area (Å²) in [7, 11) is -2.89. The first-order valence-corrected chi connectivity index (χ1v) is 8.90. The number of aromatic nitrogens is 1. The lowest BCUT2D eigenvalue weighted by molar-refractivity contribution is 0.202. The molecule has 1 aromatic heterocycles. The zero-order chi connectivity index (χ0) is 14.4. The van der Waals surface area contributed by atoms with E-state index in [-0.39, 0.29) is 17.6 Å². The van der Waals surface area contributed by atoms with E-state index in [1.807, 2.05) is 19.1 Å². The molecule has 5 nitrogen and oxygen atoms in total. The third-order valence-electron chi connectivity index (χ3n) is 3.42. The van der Waals surface area contributed by atoms with E-state index in [2.05, 4.69) is 9.88 Å². The zero-order valence-corrected chi connectivity index (χ0v) is 12.7. The molecular weight excluding hydrogens is 276 g/mol. The van der Waals surface area contributed by atoms with Gasteiger partial charge in [0.1, 0.15) is 11.9 Å². The molecule has 20 heavy (non-hydrogen) atoms. The van der Waals surface area contributed by atoms with Crippen LogP contribution in [0.2, 0.25) is 0 Å². The highest BCUT2D eigenvalue weighted by atomic mass is 32.2. The normalized spacial score (nSPS) is 20.1. The predicted molar refractivity (Wildman–Crippen MR) is 78.7 cm³/mol. The third kappa shape index (κ3) is 4.76. The first-order chi connectivity index (χ1) is 9.59. The van der Waals surface area contributed by atoms with E-state index in [9.17, 15) is 8.42 Å². The SMILES string of the molecule is CCCS(=O)(=O)CCN1CCC(Oc2ccncc2)C1. The smallest absolute Gasteiger partial charge is 0.151 e. The molecule has 0 N–H and O–H groups in total. The Labute approximate surface area is 120 Å². The van der Waals surface area contributed by atoms with Crippen molar-refractivity contribution in [3.63, 3.8) is 0 Å². The van der Waals surface area contributed by atoms with Crippen molar-refractivity contribution in [3.05, 3.63) is 24.5 Å². The van der Waals surface area contributed by atoms with E-state index in [1.165, 1.54) is 0 Å². The highest BCUT2D eigenvalue weighted by Crippen LogP contribution is 2.17. The summed E-state index contributed by atoms with van der Waals surface area (Å²) in [5, 5.41) is 0. The van der Waals surface area contributed by atoms with E-state index >= 15 is 0 Å². The summed E-state index contributed by atoms with van der Waals surface area (Å²) in [6.07, 6.45) is 5.19. The zero-order valence-electron chi connectivity index (χ0n) is 11.9. The number of hydrogen-bond acceptors (Lipinski definition) is 5. The average Bonchev–Trinajstić information content (AvgIpc) is 2.85. The highest BCUT2D eigenvalue weighted by molar-refractivity contribution is 7.91. The minimum atomic E-state index is -2.89. The van der Waals surface area contributed by atoms with Gasteiger partial charge in [-0.3, -0.25) is 9.88 Å². The van der Waals surface area contributed by atoms with Crippen LogP contribution in [0.5, 0.6) is 5.75 Å². The fourth-order valence-electron chi connectivity index (χ4n) is 2.39. The largest absolute Gasteiger partial charge is 0.489 e. The topological polar surface area (TPSA) is 59.5 Å². The van der Waals surface area contributed by atoms with Crippen molar-refractivity contribution < 1.29 is 13.2 Å². The van der Waals surface area contributed by atoms with Gasteiger partial charge in [0.05, 0.1) is 5.75 Å². The van der Waals surface area contributed by atoms with Crippen LogP contribution in [0.15, 0.2) is 24.5 Å². The van der Waals surface area contributed by atoms with Crippen molar-refractivity contribution in [2.24, 2.45) is 0 Å². The van der Waals surface area contributed by atoms with E-state index in [1.54, 1.807) is 12.4 Å². The Morgan fingerprint density at radius 2 is 2.10 bits per heavy atom. The molecule has 2 heterocycles. The molecule has 0 bridgehead atoms. The minimum absolute atomic E-state index is 0.145. The number of nitrogens with zero attached hydrogens (tertiary/aromatic N) is 2. The Balaban J connectivity index is 1.75. The van der Waals surface area contributed by atoms with Gasteiger partial charge in [0.2, 0.25) is 0 Å². The summed E-state index contributed by atoms with van der Waals surface area (Å²) in [5.74, 6) is 1.37. The third-order valence-corrected chi connectivity index (χ3v) is 5.25. The van der Waals surface area contributed by atoms with E-state index in [4.69, 9.17) is 4.74 Å². The van der Waals surface area contributed by atoms with Crippen molar-refractivity contribution in [1.82, 2.24) is 9.88 Å². The second-order valence-electron chi connectivity index (χ2n) is 5.16. The van der Waals surface area contributed by atoms with E-state index in [0.717, 1.165) is 25.3 Å². The van der Waals surface area contributed by atoms with Crippen LogP contribution in [0.4, 0.5) is 0 Å². The lowest BCUT2D eigenvalue weighted by Crippen LogP contribution is -2.30. The van der Waals surface area contributed by atoms with Gasteiger partial charge < -0.3 is 4.74 Å². The van der Waals surface area contributed by atoms with Crippen LogP contribution in [0.25, 0.3) is 0 Å². The van der Waals surface area contributed by atoms with E-state index in [0.29, 0.717) is 13.0 Å². The van der Waals surface area contributed by atoms with Crippen LogP contribution in [-0.4, -0.2) is 55.5 Å². The van der Waals surface area contributed by atoms with Gasteiger partial charge in [-0.25, -0.2) is 8.42 Å². The Bertz CT molecular complexity index is 504. The average molecular weight is 298 g/mol. The van der Waals surface area contributed by atoms with Crippen LogP contribution in [-0.2, 0) is 9.84 Å². The van der Waals surface area contributed by atoms with Gasteiger partial charge >= 0.3 is 0 Å². The maximum absolute atomic E-state index is 11.7. The molecule has 0 radical (unpaired) electrons. The standard InChI is InChI=1S/C14H22N2O3S/c1-2-10-20(17,18)11-9-16-8-5-14(12-16)19-13-3-6-15-7-4-13/h3-4,6-7,14H,2,5,8-12H2,1H3. The molecule has 0 amide bonds. The Morgan fingerprint density at radius 1 is 1.35 bits per heavy atom. The number of sulfone groups is 1.